The number of halogens is 1. The number of ether oxygens (including phenoxy) is 1. The quantitative estimate of drug-likeness (QED) is 0.283. The first-order chi connectivity index (χ1) is 12.1. The third kappa shape index (κ3) is 8.75. The second kappa shape index (κ2) is 11.8. The summed E-state index contributed by atoms with van der Waals surface area (Å²) in [5, 5.41) is 6.51. The minimum absolute atomic E-state index is 0. The number of guanidine groups is 1. The standard InChI is InChI=1S/C18H32N4O3S.HI/c1-7-20-17(22-13-16(25-6)18(2,3)4)21-12-14-8-10-15(11-9-14)26(23,24)19-5;/h8-11,16,19H,7,12-13H2,1-6H3,(H2,20,21,22);1H. The first-order valence-electron chi connectivity index (χ1n) is 8.71. The minimum Gasteiger partial charge on any atom is -0.379 e. The summed E-state index contributed by atoms with van der Waals surface area (Å²) >= 11 is 0. The van der Waals surface area contributed by atoms with Crippen LogP contribution in [0.25, 0.3) is 0 Å². The van der Waals surface area contributed by atoms with Crippen LogP contribution in [0.4, 0.5) is 0 Å². The van der Waals surface area contributed by atoms with Gasteiger partial charge >= 0.3 is 0 Å². The van der Waals surface area contributed by atoms with Gasteiger partial charge in [-0.2, -0.15) is 0 Å². The molecule has 0 bridgehead atoms. The van der Waals surface area contributed by atoms with Gasteiger partial charge in [-0.25, -0.2) is 18.1 Å². The number of hydrogen-bond donors (Lipinski definition) is 3. The van der Waals surface area contributed by atoms with Crippen molar-refractivity contribution in [3.8, 4) is 0 Å². The van der Waals surface area contributed by atoms with Crippen LogP contribution in [0.15, 0.2) is 34.2 Å². The van der Waals surface area contributed by atoms with Crippen molar-refractivity contribution in [1.29, 1.82) is 0 Å². The van der Waals surface area contributed by atoms with E-state index in [0.29, 0.717) is 19.0 Å². The molecule has 0 saturated heterocycles. The van der Waals surface area contributed by atoms with Crippen molar-refractivity contribution < 1.29 is 13.2 Å². The molecule has 0 radical (unpaired) electrons. The van der Waals surface area contributed by atoms with Crippen LogP contribution in [0.3, 0.4) is 0 Å². The lowest BCUT2D eigenvalue weighted by molar-refractivity contribution is 0.0205. The zero-order chi connectivity index (χ0) is 19.8. The van der Waals surface area contributed by atoms with E-state index in [1.54, 1.807) is 31.4 Å². The number of methoxy groups -OCH3 is 1. The van der Waals surface area contributed by atoms with Crippen LogP contribution in [0.5, 0.6) is 0 Å². The maximum atomic E-state index is 11.8. The van der Waals surface area contributed by atoms with Crippen LogP contribution in [-0.2, 0) is 21.3 Å². The van der Waals surface area contributed by atoms with Gasteiger partial charge in [0.1, 0.15) is 0 Å². The van der Waals surface area contributed by atoms with Gasteiger partial charge in [-0.15, -0.1) is 24.0 Å². The number of sulfonamides is 1. The highest BCUT2D eigenvalue weighted by Gasteiger charge is 2.24. The first kappa shape index (κ1) is 26.1. The summed E-state index contributed by atoms with van der Waals surface area (Å²) in [5.41, 5.74) is 0.949. The lowest BCUT2D eigenvalue weighted by atomic mass is 9.89. The molecule has 0 heterocycles. The zero-order valence-electron chi connectivity index (χ0n) is 17.0. The Kier molecular flexibility index (Phi) is 11.4. The molecular formula is C18H33IN4O3S. The Morgan fingerprint density at radius 2 is 1.78 bits per heavy atom. The second-order valence-electron chi connectivity index (χ2n) is 7.02. The zero-order valence-corrected chi connectivity index (χ0v) is 20.1. The lowest BCUT2D eigenvalue weighted by Gasteiger charge is -2.30. The molecule has 27 heavy (non-hydrogen) atoms. The molecule has 1 rings (SSSR count). The lowest BCUT2D eigenvalue weighted by Crippen LogP contribution is -2.45. The van der Waals surface area contributed by atoms with Crippen LogP contribution in [0.2, 0.25) is 0 Å². The molecule has 0 amide bonds. The third-order valence-electron chi connectivity index (χ3n) is 3.97. The summed E-state index contributed by atoms with van der Waals surface area (Å²) in [4.78, 5) is 4.80. The molecule has 0 aliphatic rings. The van der Waals surface area contributed by atoms with Crippen molar-refractivity contribution in [3.63, 3.8) is 0 Å². The van der Waals surface area contributed by atoms with Gasteiger partial charge in [0.25, 0.3) is 0 Å². The average Bonchev–Trinajstić information content (AvgIpc) is 2.59. The molecule has 0 aliphatic heterocycles. The number of aliphatic imine (C=N–C) groups is 1. The predicted molar refractivity (Wildman–Crippen MR) is 121 cm³/mol. The van der Waals surface area contributed by atoms with Crippen LogP contribution in [0.1, 0.15) is 33.3 Å². The van der Waals surface area contributed by atoms with E-state index in [1.807, 2.05) is 6.92 Å². The molecule has 1 unspecified atom stereocenters. The topological polar surface area (TPSA) is 91.8 Å². The maximum Gasteiger partial charge on any atom is 0.240 e. The normalized spacial score (nSPS) is 13.6. The molecule has 3 N–H and O–H groups in total. The van der Waals surface area contributed by atoms with Gasteiger partial charge in [0.2, 0.25) is 10.0 Å². The van der Waals surface area contributed by atoms with Crippen LogP contribution in [-0.4, -0.2) is 47.7 Å². The van der Waals surface area contributed by atoms with Crippen molar-refractivity contribution in [2.45, 2.75) is 45.2 Å². The number of rotatable bonds is 8. The smallest absolute Gasteiger partial charge is 0.240 e. The SMILES string of the molecule is CCNC(=NCc1ccc(S(=O)(=O)NC)cc1)NCC(OC)C(C)(C)C.I. The third-order valence-corrected chi connectivity index (χ3v) is 5.40. The Morgan fingerprint density at radius 1 is 1.19 bits per heavy atom. The van der Waals surface area contributed by atoms with Gasteiger partial charge in [0, 0.05) is 20.2 Å². The van der Waals surface area contributed by atoms with Gasteiger partial charge in [-0.1, -0.05) is 32.9 Å². The first-order valence-corrected chi connectivity index (χ1v) is 10.2. The molecular weight excluding hydrogens is 479 g/mol. The molecule has 1 atom stereocenters. The Hall–Kier alpha value is -0.910. The van der Waals surface area contributed by atoms with Gasteiger partial charge in [0.15, 0.2) is 5.96 Å². The van der Waals surface area contributed by atoms with E-state index in [9.17, 15) is 8.42 Å². The van der Waals surface area contributed by atoms with E-state index in [1.165, 1.54) is 7.05 Å². The van der Waals surface area contributed by atoms with E-state index < -0.39 is 10.0 Å². The molecule has 1 aromatic carbocycles. The van der Waals surface area contributed by atoms with Crippen LogP contribution in [0, 0.1) is 5.41 Å². The number of nitrogens with zero attached hydrogens (tertiary/aromatic N) is 1. The highest BCUT2D eigenvalue weighted by atomic mass is 127. The Labute approximate surface area is 180 Å². The number of nitrogens with one attached hydrogen (secondary N) is 3. The van der Waals surface area contributed by atoms with Crippen molar-refractivity contribution in [2.24, 2.45) is 10.4 Å². The maximum absolute atomic E-state index is 11.8. The van der Waals surface area contributed by atoms with E-state index in [2.05, 4.69) is 41.1 Å². The van der Waals surface area contributed by atoms with Crippen molar-refractivity contribution in [2.75, 3.05) is 27.2 Å². The Balaban J connectivity index is 0.00000676. The fraction of sp³-hybridized carbons (Fsp3) is 0.611. The monoisotopic (exact) mass is 512 g/mol. The number of hydrogen-bond acceptors (Lipinski definition) is 4. The highest BCUT2D eigenvalue weighted by Crippen LogP contribution is 2.20. The second-order valence-corrected chi connectivity index (χ2v) is 8.90. The Morgan fingerprint density at radius 3 is 2.22 bits per heavy atom. The molecule has 9 heteroatoms. The molecule has 1 aromatic rings. The summed E-state index contributed by atoms with van der Waals surface area (Å²) < 4.78 is 31.4. The summed E-state index contributed by atoms with van der Waals surface area (Å²) in [6.45, 7) is 10.2. The molecule has 0 saturated carbocycles. The summed E-state index contributed by atoms with van der Waals surface area (Å²) in [5.74, 6) is 0.700. The molecule has 0 fully saturated rings. The van der Waals surface area contributed by atoms with E-state index in [4.69, 9.17) is 4.74 Å². The van der Waals surface area contributed by atoms with E-state index >= 15 is 0 Å². The molecule has 156 valence electrons. The largest absolute Gasteiger partial charge is 0.379 e. The molecule has 0 aromatic heterocycles. The van der Waals surface area contributed by atoms with Gasteiger partial charge < -0.3 is 15.4 Å². The van der Waals surface area contributed by atoms with Crippen molar-refractivity contribution >= 4 is 40.0 Å². The molecule has 0 spiro atoms. The van der Waals surface area contributed by atoms with Gasteiger partial charge in [-0.3, -0.25) is 0 Å². The summed E-state index contributed by atoms with van der Waals surface area (Å²) in [7, 11) is -0.308. The number of benzene rings is 1. The minimum atomic E-state index is -3.41. The molecule has 7 nitrogen and oxygen atoms in total. The van der Waals surface area contributed by atoms with E-state index in [-0.39, 0.29) is 40.4 Å². The fourth-order valence-electron chi connectivity index (χ4n) is 2.34. The summed E-state index contributed by atoms with van der Waals surface area (Å²) in [6.07, 6.45) is 0.0531. The van der Waals surface area contributed by atoms with Gasteiger partial charge in [-0.05, 0) is 37.1 Å². The fourth-order valence-corrected chi connectivity index (χ4v) is 3.07. The Bertz CT molecular complexity index is 686. The van der Waals surface area contributed by atoms with Crippen molar-refractivity contribution in [3.05, 3.63) is 29.8 Å². The van der Waals surface area contributed by atoms with Crippen LogP contribution >= 0.6 is 24.0 Å². The van der Waals surface area contributed by atoms with Crippen molar-refractivity contribution in [1.82, 2.24) is 15.4 Å². The summed E-state index contributed by atoms with van der Waals surface area (Å²) in [6, 6.07) is 6.70. The van der Waals surface area contributed by atoms with Gasteiger partial charge in [0.05, 0.1) is 17.5 Å². The molecule has 0 aliphatic carbocycles. The average molecular weight is 512 g/mol. The predicted octanol–water partition coefficient (Wildman–Crippen LogP) is 2.33. The highest BCUT2D eigenvalue weighted by molar-refractivity contribution is 14.0. The van der Waals surface area contributed by atoms with E-state index in [0.717, 1.165) is 12.1 Å². The van der Waals surface area contributed by atoms with Crippen LogP contribution < -0.4 is 15.4 Å².